The van der Waals surface area contributed by atoms with E-state index in [0.29, 0.717) is 43.7 Å². The van der Waals surface area contributed by atoms with Gasteiger partial charge in [-0.3, -0.25) is 4.79 Å². The lowest BCUT2D eigenvalue weighted by atomic mass is 9.94. The van der Waals surface area contributed by atoms with Crippen molar-refractivity contribution in [3.8, 4) is 11.5 Å². The number of aromatic nitrogens is 2. The van der Waals surface area contributed by atoms with Crippen LogP contribution >= 0.6 is 0 Å². The number of carbonyl (C=O) groups excluding carboxylic acids is 1. The topological polar surface area (TPSA) is 103 Å². The Labute approximate surface area is 208 Å². The lowest BCUT2D eigenvalue weighted by molar-refractivity contribution is -0.132. The Balaban J connectivity index is 1.47. The predicted octanol–water partition coefficient (Wildman–Crippen LogP) is 3.95. The standard InChI is InChI=1S/C26H31F2N5O3/c1-4-30-19(15-5-7-17(27)8-6-15)14-21(34)33-11-9-16(10-12-33)26-31-23-18(25(29)32-26)13-20(35-2)24(36-3)22(23)28/h5-8,13,16,19,30H,4,9-12,14H2,1-3H3,(H2,29,31,32)/t19-/m1/s1. The fourth-order valence-electron chi connectivity index (χ4n) is 4.69. The molecular weight excluding hydrogens is 468 g/mol. The third-order valence-corrected chi connectivity index (χ3v) is 6.64. The van der Waals surface area contributed by atoms with Crippen LogP contribution in [0.2, 0.25) is 0 Å². The molecule has 1 aliphatic heterocycles. The van der Waals surface area contributed by atoms with Gasteiger partial charge in [0.15, 0.2) is 17.3 Å². The van der Waals surface area contributed by atoms with Crippen LogP contribution in [0.3, 0.4) is 0 Å². The van der Waals surface area contributed by atoms with Crippen molar-refractivity contribution in [3.05, 3.63) is 53.4 Å². The quantitative estimate of drug-likeness (QED) is 0.484. The third kappa shape index (κ3) is 5.18. The third-order valence-electron chi connectivity index (χ3n) is 6.64. The molecule has 1 amide bonds. The van der Waals surface area contributed by atoms with E-state index in [1.165, 1.54) is 26.4 Å². The van der Waals surface area contributed by atoms with Crippen LogP contribution in [0.1, 0.15) is 49.5 Å². The number of amides is 1. The van der Waals surface area contributed by atoms with Gasteiger partial charge in [-0.05, 0) is 43.1 Å². The van der Waals surface area contributed by atoms with Crippen LogP contribution in [0.5, 0.6) is 11.5 Å². The van der Waals surface area contributed by atoms with E-state index in [2.05, 4.69) is 15.3 Å². The summed E-state index contributed by atoms with van der Waals surface area (Å²) in [5.74, 6) is -0.196. The van der Waals surface area contributed by atoms with Crippen LogP contribution < -0.4 is 20.5 Å². The Kier molecular flexibility index (Phi) is 7.83. The number of hydrogen-bond donors (Lipinski definition) is 2. The van der Waals surface area contributed by atoms with Crippen LogP contribution in [0.4, 0.5) is 14.6 Å². The first-order valence-electron chi connectivity index (χ1n) is 12.0. The normalized spacial score (nSPS) is 15.2. The first-order chi connectivity index (χ1) is 17.4. The van der Waals surface area contributed by atoms with Gasteiger partial charge in [-0.25, -0.2) is 18.7 Å². The van der Waals surface area contributed by atoms with Gasteiger partial charge in [0.2, 0.25) is 5.91 Å². The molecule has 192 valence electrons. The van der Waals surface area contributed by atoms with Crippen molar-refractivity contribution in [3.63, 3.8) is 0 Å². The van der Waals surface area contributed by atoms with Gasteiger partial charge in [-0.2, -0.15) is 0 Å². The molecule has 0 radical (unpaired) electrons. The van der Waals surface area contributed by atoms with Gasteiger partial charge in [-0.15, -0.1) is 0 Å². The van der Waals surface area contributed by atoms with Gasteiger partial charge in [0.05, 0.1) is 14.2 Å². The molecule has 0 saturated carbocycles. The number of nitrogen functional groups attached to an aromatic ring is 1. The highest BCUT2D eigenvalue weighted by molar-refractivity contribution is 5.91. The molecule has 0 spiro atoms. The van der Waals surface area contributed by atoms with Crippen LogP contribution in [0, 0.1) is 11.6 Å². The number of ether oxygens (including phenoxy) is 2. The summed E-state index contributed by atoms with van der Waals surface area (Å²) in [7, 11) is 2.78. The van der Waals surface area contributed by atoms with Gasteiger partial charge in [0, 0.05) is 36.9 Å². The van der Waals surface area contributed by atoms with Gasteiger partial charge in [-0.1, -0.05) is 19.1 Å². The zero-order chi connectivity index (χ0) is 25.8. The predicted molar refractivity (Wildman–Crippen MR) is 133 cm³/mol. The number of fused-ring (bicyclic) bond motifs is 1. The second kappa shape index (κ2) is 11.0. The first-order valence-corrected chi connectivity index (χ1v) is 12.0. The number of benzene rings is 2. The summed E-state index contributed by atoms with van der Waals surface area (Å²) in [6.45, 7) is 3.71. The number of halogens is 2. The molecule has 10 heteroatoms. The number of likely N-dealkylation sites (tertiary alicyclic amines) is 1. The van der Waals surface area contributed by atoms with E-state index in [1.807, 2.05) is 11.8 Å². The lowest BCUT2D eigenvalue weighted by Gasteiger charge is -2.32. The van der Waals surface area contributed by atoms with Crippen molar-refractivity contribution < 1.29 is 23.0 Å². The maximum Gasteiger partial charge on any atom is 0.224 e. The molecule has 0 aliphatic carbocycles. The van der Waals surface area contributed by atoms with E-state index >= 15 is 4.39 Å². The van der Waals surface area contributed by atoms with E-state index in [9.17, 15) is 9.18 Å². The van der Waals surface area contributed by atoms with Gasteiger partial charge in [0.1, 0.15) is 23.0 Å². The van der Waals surface area contributed by atoms with Gasteiger partial charge >= 0.3 is 0 Å². The highest BCUT2D eigenvalue weighted by Crippen LogP contribution is 2.38. The maximum absolute atomic E-state index is 15.1. The number of methoxy groups -OCH3 is 2. The average Bonchev–Trinajstić information content (AvgIpc) is 2.89. The maximum atomic E-state index is 15.1. The molecule has 2 aromatic carbocycles. The molecule has 3 N–H and O–H groups in total. The molecule has 1 saturated heterocycles. The number of anilines is 1. The summed E-state index contributed by atoms with van der Waals surface area (Å²) in [6.07, 6.45) is 1.54. The Morgan fingerprint density at radius 3 is 2.47 bits per heavy atom. The van der Waals surface area contributed by atoms with Crippen molar-refractivity contribution >= 4 is 22.6 Å². The Morgan fingerprint density at radius 2 is 1.86 bits per heavy atom. The molecule has 0 unspecified atom stereocenters. The zero-order valence-electron chi connectivity index (χ0n) is 20.7. The molecule has 3 aromatic rings. The highest BCUT2D eigenvalue weighted by atomic mass is 19.1. The lowest BCUT2D eigenvalue weighted by Crippen LogP contribution is -2.40. The van der Waals surface area contributed by atoms with E-state index < -0.39 is 5.82 Å². The van der Waals surface area contributed by atoms with Crippen molar-refractivity contribution in [2.24, 2.45) is 0 Å². The van der Waals surface area contributed by atoms with E-state index in [-0.39, 0.29) is 52.9 Å². The van der Waals surface area contributed by atoms with Crippen LogP contribution in [0.25, 0.3) is 10.9 Å². The van der Waals surface area contributed by atoms with Crippen molar-refractivity contribution in [1.29, 1.82) is 0 Å². The average molecular weight is 500 g/mol. The molecule has 0 bridgehead atoms. The number of carbonyl (C=O) groups is 1. The SMILES string of the molecule is CCN[C@H](CC(=O)N1CCC(c2nc(N)c3cc(OC)c(OC)c(F)c3n2)CC1)c1ccc(F)cc1. The Hall–Kier alpha value is -3.53. The van der Waals surface area contributed by atoms with Crippen molar-refractivity contribution in [1.82, 2.24) is 20.2 Å². The molecule has 8 nitrogen and oxygen atoms in total. The van der Waals surface area contributed by atoms with Crippen LogP contribution in [-0.4, -0.2) is 54.6 Å². The number of rotatable bonds is 8. The summed E-state index contributed by atoms with van der Waals surface area (Å²) in [6, 6.07) is 7.58. The summed E-state index contributed by atoms with van der Waals surface area (Å²) < 4.78 is 38.8. The molecule has 1 aromatic heterocycles. The summed E-state index contributed by atoms with van der Waals surface area (Å²) in [5.41, 5.74) is 7.12. The van der Waals surface area contributed by atoms with Crippen molar-refractivity contribution in [2.45, 2.75) is 38.1 Å². The summed E-state index contributed by atoms with van der Waals surface area (Å²) in [4.78, 5) is 23.8. The summed E-state index contributed by atoms with van der Waals surface area (Å²) >= 11 is 0. The Bertz CT molecular complexity index is 1230. The molecule has 4 rings (SSSR count). The molecule has 2 heterocycles. The minimum absolute atomic E-state index is 0.0190. The second-order valence-electron chi connectivity index (χ2n) is 8.81. The Morgan fingerprint density at radius 1 is 1.17 bits per heavy atom. The number of nitrogens with zero attached hydrogens (tertiary/aromatic N) is 3. The van der Waals surface area contributed by atoms with Crippen molar-refractivity contribution in [2.75, 3.05) is 39.6 Å². The molecule has 1 atom stereocenters. The zero-order valence-corrected chi connectivity index (χ0v) is 20.7. The highest BCUT2D eigenvalue weighted by Gasteiger charge is 2.29. The van der Waals surface area contributed by atoms with E-state index in [4.69, 9.17) is 15.2 Å². The monoisotopic (exact) mass is 499 g/mol. The number of nitrogens with one attached hydrogen (secondary N) is 1. The fraction of sp³-hybridized carbons (Fsp3) is 0.423. The minimum atomic E-state index is -0.648. The fourth-order valence-corrected chi connectivity index (χ4v) is 4.69. The van der Waals surface area contributed by atoms with Crippen LogP contribution in [0.15, 0.2) is 30.3 Å². The number of hydrogen-bond acceptors (Lipinski definition) is 7. The molecule has 36 heavy (non-hydrogen) atoms. The smallest absolute Gasteiger partial charge is 0.224 e. The molecule has 1 fully saturated rings. The summed E-state index contributed by atoms with van der Waals surface area (Å²) in [5, 5.41) is 3.67. The number of nitrogens with two attached hydrogens (primary N) is 1. The number of piperidine rings is 1. The minimum Gasteiger partial charge on any atom is -0.493 e. The van der Waals surface area contributed by atoms with Gasteiger partial charge < -0.3 is 25.4 Å². The van der Waals surface area contributed by atoms with Gasteiger partial charge in [0.25, 0.3) is 0 Å². The van der Waals surface area contributed by atoms with E-state index in [1.54, 1.807) is 18.2 Å². The second-order valence-corrected chi connectivity index (χ2v) is 8.81. The van der Waals surface area contributed by atoms with E-state index in [0.717, 1.165) is 5.56 Å². The first kappa shape index (κ1) is 25.6. The van der Waals surface area contributed by atoms with Crippen LogP contribution in [-0.2, 0) is 4.79 Å². The largest absolute Gasteiger partial charge is 0.493 e. The molecular formula is C26H31F2N5O3. The molecule has 1 aliphatic rings.